The smallest absolute Gasteiger partial charge is 0.243 e. The van der Waals surface area contributed by atoms with Gasteiger partial charge in [0.25, 0.3) is 0 Å². The maximum atomic E-state index is 12.8. The van der Waals surface area contributed by atoms with E-state index in [2.05, 4.69) is 15.3 Å². The van der Waals surface area contributed by atoms with Crippen LogP contribution in [0.2, 0.25) is 0 Å². The first-order valence-corrected chi connectivity index (χ1v) is 10.2. The van der Waals surface area contributed by atoms with Crippen LogP contribution in [-0.4, -0.2) is 45.7 Å². The zero-order valence-corrected chi connectivity index (χ0v) is 15.5. The van der Waals surface area contributed by atoms with Crippen LogP contribution in [0, 0.1) is 0 Å². The molecule has 0 spiro atoms. The zero-order valence-electron chi connectivity index (χ0n) is 14.7. The Balaban J connectivity index is 1.66. The SMILES string of the molecule is Cn1c(-c2cccc3nonc23)nc2cc(S(=O)(=O)N3CCCC3)ccc21. The van der Waals surface area contributed by atoms with Gasteiger partial charge < -0.3 is 4.57 Å². The van der Waals surface area contributed by atoms with Gasteiger partial charge in [0, 0.05) is 25.7 Å². The fourth-order valence-corrected chi connectivity index (χ4v) is 5.18. The number of hydrogen-bond acceptors (Lipinski definition) is 6. The number of aromatic nitrogens is 4. The van der Waals surface area contributed by atoms with Crippen LogP contribution in [0.3, 0.4) is 0 Å². The minimum Gasteiger partial charge on any atom is -0.327 e. The largest absolute Gasteiger partial charge is 0.327 e. The van der Waals surface area contributed by atoms with Crippen LogP contribution in [0.25, 0.3) is 33.5 Å². The summed E-state index contributed by atoms with van der Waals surface area (Å²) in [5, 5.41) is 7.84. The lowest BCUT2D eigenvalue weighted by molar-refractivity contribution is 0.315. The van der Waals surface area contributed by atoms with E-state index in [1.165, 1.54) is 0 Å². The Morgan fingerprint density at radius 2 is 1.85 bits per heavy atom. The number of nitrogens with zero attached hydrogens (tertiary/aromatic N) is 5. The highest BCUT2D eigenvalue weighted by atomic mass is 32.2. The minimum absolute atomic E-state index is 0.280. The van der Waals surface area contributed by atoms with Gasteiger partial charge in [-0.15, -0.1) is 0 Å². The molecule has 138 valence electrons. The second kappa shape index (κ2) is 5.86. The summed E-state index contributed by atoms with van der Waals surface area (Å²) in [4.78, 5) is 4.96. The molecule has 0 bridgehead atoms. The third-order valence-corrected chi connectivity index (χ3v) is 6.98. The molecule has 8 nitrogen and oxygen atoms in total. The number of hydrogen-bond donors (Lipinski definition) is 0. The average Bonchev–Trinajstić information content (AvgIpc) is 3.41. The standard InChI is InChI=1S/C18H17N5O3S/c1-22-16-8-7-12(27(24,25)23-9-2-3-10-23)11-15(16)19-18(22)13-5-4-6-14-17(13)21-26-20-14/h4-8,11H,2-3,9-10H2,1H3. The molecule has 1 saturated heterocycles. The Bertz CT molecular complexity index is 1270. The first-order valence-electron chi connectivity index (χ1n) is 8.74. The zero-order chi connectivity index (χ0) is 18.6. The van der Waals surface area contributed by atoms with Crippen molar-refractivity contribution < 1.29 is 13.0 Å². The number of imidazole rings is 1. The van der Waals surface area contributed by atoms with E-state index in [-0.39, 0.29) is 4.90 Å². The van der Waals surface area contributed by atoms with Crippen LogP contribution in [0.15, 0.2) is 45.9 Å². The van der Waals surface area contributed by atoms with Crippen molar-refractivity contribution in [3.63, 3.8) is 0 Å². The molecule has 1 aliphatic heterocycles. The van der Waals surface area contributed by atoms with E-state index < -0.39 is 10.0 Å². The molecule has 0 N–H and O–H groups in total. The van der Waals surface area contributed by atoms with E-state index in [1.54, 1.807) is 22.5 Å². The molecule has 0 aliphatic carbocycles. The van der Waals surface area contributed by atoms with Crippen molar-refractivity contribution >= 4 is 32.1 Å². The molecule has 0 amide bonds. The van der Waals surface area contributed by atoms with Crippen molar-refractivity contribution in [2.75, 3.05) is 13.1 Å². The molecule has 0 unspecified atom stereocenters. The molecule has 1 fully saturated rings. The first-order chi connectivity index (χ1) is 13.1. The first kappa shape index (κ1) is 16.4. The van der Waals surface area contributed by atoms with E-state index in [1.807, 2.05) is 29.8 Å². The van der Waals surface area contributed by atoms with Crippen LogP contribution >= 0.6 is 0 Å². The molecule has 2 aromatic carbocycles. The third-order valence-electron chi connectivity index (χ3n) is 5.08. The molecule has 2 aromatic heterocycles. The average molecular weight is 383 g/mol. The van der Waals surface area contributed by atoms with E-state index in [0.29, 0.717) is 35.5 Å². The van der Waals surface area contributed by atoms with Crippen molar-refractivity contribution in [2.24, 2.45) is 7.05 Å². The Morgan fingerprint density at radius 1 is 1.04 bits per heavy atom. The topological polar surface area (TPSA) is 94.1 Å². The van der Waals surface area contributed by atoms with Crippen LogP contribution in [0.1, 0.15) is 12.8 Å². The van der Waals surface area contributed by atoms with Gasteiger partial charge in [-0.25, -0.2) is 18.0 Å². The molecule has 9 heteroatoms. The van der Waals surface area contributed by atoms with Crippen molar-refractivity contribution in [1.82, 2.24) is 24.2 Å². The maximum absolute atomic E-state index is 12.8. The van der Waals surface area contributed by atoms with Gasteiger partial charge in [-0.2, -0.15) is 4.31 Å². The van der Waals surface area contributed by atoms with E-state index in [9.17, 15) is 8.42 Å². The lowest BCUT2D eigenvalue weighted by Crippen LogP contribution is -2.27. The molecule has 27 heavy (non-hydrogen) atoms. The molecular formula is C18H17N5O3S. The highest BCUT2D eigenvalue weighted by Gasteiger charge is 2.28. The van der Waals surface area contributed by atoms with Crippen molar-refractivity contribution in [3.05, 3.63) is 36.4 Å². The molecule has 1 aliphatic rings. The Morgan fingerprint density at radius 3 is 2.67 bits per heavy atom. The van der Waals surface area contributed by atoms with Gasteiger partial charge in [-0.05, 0) is 53.5 Å². The molecule has 0 radical (unpaired) electrons. The Labute approximate surface area is 155 Å². The summed E-state index contributed by atoms with van der Waals surface area (Å²) in [7, 11) is -1.58. The van der Waals surface area contributed by atoms with Crippen molar-refractivity contribution in [2.45, 2.75) is 17.7 Å². The Kier molecular flexibility index (Phi) is 3.56. The number of aryl methyl sites for hydroxylation is 1. The summed E-state index contributed by atoms with van der Waals surface area (Å²) < 4.78 is 34.0. The second-order valence-corrected chi connectivity index (χ2v) is 8.63. The molecule has 4 aromatic rings. The van der Waals surface area contributed by atoms with Gasteiger partial charge in [0.1, 0.15) is 16.9 Å². The van der Waals surface area contributed by atoms with Crippen LogP contribution < -0.4 is 0 Å². The van der Waals surface area contributed by atoms with Crippen LogP contribution in [0.5, 0.6) is 0 Å². The number of benzene rings is 2. The normalized spacial score (nSPS) is 15.9. The lowest BCUT2D eigenvalue weighted by Gasteiger charge is -2.15. The molecule has 3 heterocycles. The number of fused-ring (bicyclic) bond motifs is 2. The summed E-state index contributed by atoms with van der Waals surface area (Å²) in [5.74, 6) is 0.682. The van der Waals surface area contributed by atoms with Crippen molar-refractivity contribution in [1.29, 1.82) is 0 Å². The van der Waals surface area contributed by atoms with E-state index in [4.69, 9.17) is 4.63 Å². The van der Waals surface area contributed by atoms with Crippen molar-refractivity contribution in [3.8, 4) is 11.4 Å². The summed E-state index contributed by atoms with van der Waals surface area (Å²) in [6, 6.07) is 10.7. The Hall–Kier alpha value is -2.78. The van der Waals surface area contributed by atoms with Gasteiger partial charge in [0.2, 0.25) is 10.0 Å². The summed E-state index contributed by atoms with van der Waals surface area (Å²) >= 11 is 0. The predicted octanol–water partition coefficient (Wildman–Crippen LogP) is 2.56. The number of sulfonamides is 1. The van der Waals surface area contributed by atoms with Gasteiger partial charge in [0.15, 0.2) is 0 Å². The highest BCUT2D eigenvalue weighted by molar-refractivity contribution is 7.89. The van der Waals surface area contributed by atoms with Crippen LogP contribution in [-0.2, 0) is 17.1 Å². The predicted molar refractivity (Wildman–Crippen MR) is 99.5 cm³/mol. The summed E-state index contributed by atoms with van der Waals surface area (Å²) in [6.07, 6.45) is 1.82. The number of rotatable bonds is 3. The summed E-state index contributed by atoms with van der Waals surface area (Å²) in [5.41, 5.74) is 3.54. The fourth-order valence-electron chi connectivity index (χ4n) is 3.65. The summed E-state index contributed by atoms with van der Waals surface area (Å²) in [6.45, 7) is 1.16. The third kappa shape index (κ3) is 2.46. The minimum atomic E-state index is -3.48. The molecule has 0 atom stereocenters. The van der Waals surface area contributed by atoms with Gasteiger partial charge in [-0.3, -0.25) is 0 Å². The maximum Gasteiger partial charge on any atom is 0.243 e. The van der Waals surface area contributed by atoms with Gasteiger partial charge >= 0.3 is 0 Å². The van der Waals surface area contributed by atoms with Crippen LogP contribution in [0.4, 0.5) is 0 Å². The second-order valence-electron chi connectivity index (χ2n) is 6.69. The molecule has 5 rings (SSSR count). The van der Waals surface area contributed by atoms with Gasteiger partial charge in [0.05, 0.1) is 15.9 Å². The monoisotopic (exact) mass is 383 g/mol. The quantitative estimate of drug-likeness (QED) is 0.540. The highest BCUT2D eigenvalue weighted by Crippen LogP contribution is 2.30. The lowest BCUT2D eigenvalue weighted by atomic mass is 10.1. The molecular weight excluding hydrogens is 366 g/mol. The van der Waals surface area contributed by atoms with E-state index >= 15 is 0 Å². The van der Waals surface area contributed by atoms with Gasteiger partial charge in [-0.1, -0.05) is 6.07 Å². The molecule has 0 saturated carbocycles. The fraction of sp³-hybridized carbons (Fsp3) is 0.278. The van der Waals surface area contributed by atoms with E-state index in [0.717, 1.165) is 23.9 Å².